The van der Waals surface area contributed by atoms with E-state index in [4.69, 9.17) is 17.0 Å². The van der Waals surface area contributed by atoms with Gasteiger partial charge in [0.25, 0.3) is 5.91 Å². The Kier molecular flexibility index (Phi) is 5.16. The number of nitrogens with zero attached hydrogens (tertiary/aromatic N) is 1. The first-order valence-corrected chi connectivity index (χ1v) is 9.31. The van der Waals surface area contributed by atoms with Crippen LogP contribution in [-0.4, -0.2) is 13.0 Å². The lowest BCUT2D eigenvalue weighted by Crippen LogP contribution is -2.17. The van der Waals surface area contributed by atoms with E-state index in [0.717, 1.165) is 34.2 Å². The van der Waals surface area contributed by atoms with Crippen LogP contribution in [0.2, 0.25) is 0 Å². The van der Waals surface area contributed by atoms with Gasteiger partial charge < -0.3 is 10.1 Å². The Morgan fingerprint density at radius 2 is 2.16 bits per heavy atom. The summed E-state index contributed by atoms with van der Waals surface area (Å²) in [6.07, 6.45) is 2.76. The van der Waals surface area contributed by atoms with E-state index in [2.05, 4.69) is 18.3 Å². The Bertz CT molecular complexity index is 928. The second kappa shape index (κ2) is 7.34. The van der Waals surface area contributed by atoms with Gasteiger partial charge in [-0.05, 0) is 48.4 Å². The van der Waals surface area contributed by atoms with E-state index < -0.39 is 0 Å². The van der Waals surface area contributed by atoms with Crippen LogP contribution < -0.4 is 10.1 Å². The average molecular weight is 370 g/mol. The van der Waals surface area contributed by atoms with E-state index >= 15 is 0 Å². The molecular weight excluding hydrogens is 352 g/mol. The van der Waals surface area contributed by atoms with Gasteiger partial charge in [-0.15, -0.1) is 11.3 Å². The number of carbonyl (C=O) groups excluding carboxylic acids is 1. The maximum atomic E-state index is 12.7. The van der Waals surface area contributed by atoms with Crippen molar-refractivity contribution in [2.75, 3.05) is 12.4 Å². The second-order valence-corrected chi connectivity index (χ2v) is 7.85. The lowest BCUT2D eigenvalue weighted by atomic mass is 9.85. The van der Waals surface area contributed by atoms with Crippen LogP contribution in [-0.2, 0) is 12.8 Å². The van der Waals surface area contributed by atoms with Crippen molar-refractivity contribution in [1.29, 1.82) is 5.26 Å². The van der Waals surface area contributed by atoms with E-state index in [1.54, 1.807) is 24.3 Å². The standard InChI is InChI=1S/C19H18N2O2S2/c1-11-7-8-12-14(9-11)19(24)25-18(15(12)10-20)21-17(22)13-5-3-4-6-16(13)23-2/h3-6,11H,7-9H2,1-2H3,(H,21,22). The Balaban J connectivity index is 2.01. The zero-order chi connectivity index (χ0) is 18.0. The normalized spacial score (nSPS) is 15.8. The molecule has 6 heteroatoms. The van der Waals surface area contributed by atoms with Crippen LogP contribution in [0.1, 0.15) is 40.4 Å². The summed E-state index contributed by atoms with van der Waals surface area (Å²) < 4.78 is 6.00. The number of hydrogen-bond acceptors (Lipinski definition) is 5. The first-order chi connectivity index (χ1) is 12.0. The molecule has 1 unspecified atom stereocenters. The van der Waals surface area contributed by atoms with Crippen molar-refractivity contribution in [2.45, 2.75) is 26.2 Å². The number of amides is 1. The van der Waals surface area contributed by atoms with Gasteiger partial charge in [0.15, 0.2) is 0 Å². The lowest BCUT2D eigenvalue weighted by Gasteiger charge is -2.23. The minimum absolute atomic E-state index is 0.302. The summed E-state index contributed by atoms with van der Waals surface area (Å²) in [6.45, 7) is 2.20. The minimum Gasteiger partial charge on any atom is -0.496 e. The van der Waals surface area contributed by atoms with Gasteiger partial charge in [0.2, 0.25) is 0 Å². The molecule has 4 nitrogen and oxygen atoms in total. The molecule has 0 spiro atoms. The molecule has 1 atom stereocenters. The number of methoxy groups -OCH3 is 1. The number of para-hydroxylation sites is 1. The number of nitriles is 1. The SMILES string of the molecule is COc1ccccc1C(=O)Nc1sc(=S)c2c(c1C#N)CCC(C)C2. The molecule has 0 radical (unpaired) electrons. The summed E-state index contributed by atoms with van der Waals surface area (Å²) in [4.78, 5) is 12.7. The van der Waals surface area contributed by atoms with Crippen molar-refractivity contribution >= 4 is 34.5 Å². The van der Waals surface area contributed by atoms with E-state index in [1.165, 1.54) is 18.4 Å². The van der Waals surface area contributed by atoms with Crippen molar-refractivity contribution in [3.8, 4) is 11.8 Å². The summed E-state index contributed by atoms with van der Waals surface area (Å²) in [5, 5.41) is 13.1. The molecule has 0 bridgehead atoms. The Hall–Kier alpha value is -2.23. The van der Waals surface area contributed by atoms with Crippen LogP contribution in [0, 0.1) is 21.1 Å². The predicted molar refractivity (Wildman–Crippen MR) is 102 cm³/mol. The number of nitrogens with one attached hydrogen (secondary N) is 1. The van der Waals surface area contributed by atoms with Crippen LogP contribution in [0.25, 0.3) is 0 Å². The smallest absolute Gasteiger partial charge is 0.260 e. The van der Waals surface area contributed by atoms with Crippen molar-refractivity contribution < 1.29 is 9.53 Å². The van der Waals surface area contributed by atoms with Crippen LogP contribution in [0.3, 0.4) is 0 Å². The fourth-order valence-corrected chi connectivity index (χ4v) is 4.54. The topological polar surface area (TPSA) is 62.1 Å². The molecule has 1 aliphatic carbocycles. The van der Waals surface area contributed by atoms with Gasteiger partial charge in [0.05, 0.1) is 22.1 Å². The first kappa shape index (κ1) is 17.6. The number of ether oxygens (including phenoxy) is 1. The molecule has 25 heavy (non-hydrogen) atoms. The van der Waals surface area contributed by atoms with Crippen LogP contribution >= 0.6 is 23.6 Å². The lowest BCUT2D eigenvalue weighted by molar-refractivity contribution is 0.102. The van der Waals surface area contributed by atoms with Gasteiger partial charge in [-0.2, -0.15) is 5.26 Å². The summed E-state index contributed by atoms with van der Waals surface area (Å²) >= 11 is 6.84. The van der Waals surface area contributed by atoms with Crippen LogP contribution in [0.4, 0.5) is 5.00 Å². The maximum absolute atomic E-state index is 12.7. The molecule has 1 aliphatic rings. The molecule has 0 saturated heterocycles. The van der Waals surface area contributed by atoms with Gasteiger partial charge in [-0.1, -0.05) is 31.3 Å². The summed E-state index contributed by atoms with van der Waals surface area (Å²) in [7, 11) is 1.52. The summed E-state index contributed by atoms with van der Waals surface area (Å²) in [5.41, 5.74) is 3.08. The van der Waals surface area contributed by atoms with Crippen LogP contribution in [0.5, 0.6) is 5.75 Å². The zero-order valence-electron chi connectivity index (χ0n) is 14.1. The summed E-state index contributed by atoms with van der Waals surface area (Å²) in [6, 6.07) is 9.28. The number of rotatable bonds is 3. The zero-order valence-corrected chi connectivity index (χ0v) is 15.7. The molecule has 2 aromatic rings. The number of carbonyl (C=O) groups is 1. The largest absolute Gasteiger partial charge is 0.496 e. The summed E-state index contributed by atoms with van der Waals surface area (Å²) in [5.74, 6) is 0.764. The van der Waals surface area contributed by atoms with Gasteiger partial charge in [0, 0.05) is 0 Å². The third kappa shape index (κ3) is 3.44. The van der Waals surface area contributed by atoms with Gasteiger partial charge in [-0.25, -0.2) is 0 Å². The molecular formula is C19H18N2O2S2. The molecule has 0 fully saturated rings. The van der Waals surface area contributed by atoms with Crippen molar-refractivity contribution in [2.24, 2.45) is 5.92 Å². The van der Waals surface area contributed by atoms with Gasteiger partial charge >= 0.3 is 0 Å². The Morgan fingerprint density at radius 1 is 1.40 bits per heavy atom. The van der Waals surface area contributed by atoms with E-state index in [9.17, 15) is 10.1 Å². The average Bonchev–Trinajstić information content (AvgIpc) is 2.62. The van der Waals surface area contributed by atoms with Gasteiger partial charge in [-0.3, -0.25) is 4.79 Å². The number of benzene rings is 1. The molecule has 1 N–H and O–H groups in total. The third-order valence-corrected chi connectivity index (χ3v) is 5.90. The highest BCUT2D eigenvalue weighted by atomic mass is 32.1. The highest BCUT2D eigenvalue weighted by Gasteiger charge is 2.24. The van der Waals surface area contributed by atoms with Crippen LogP contribution in [0.15, 0.2) is 24.3 Å². The van der Waals surface area contributed by atoms with Crippen molar-refractivity contribution in [1.82, 2.24) is 0 Å². The quantitative estimate of drug-likeness (QED) is 0.793. The molecule has 0 aliphatic heterocycles. The molecule has 1 heterocycles. The number of anilines is 1. The molecule has 1 aromatic carbocycles. The van der Waals surface area contributed by atoms with Crippen molar-refractivity contribution in [3.05, 3.63) is 50.3 Å². The highest BCUT2D eigenvalue weighted by Crippen LogP contribution is 2.36. The third-order valence-electron chi connectivity index (χ3n) is 4.46. The van der Waals surface area contributed by atoms with E-state index in [-0.39, 0.29) is 5.91 Å². The molecule has 1 aromatic heterocycles. The Labute approximate surface area is 156 Å². The van der Waals surface area contributed by atoms with Crippen molar-refractivity contribution in [3.63, 3.8) is 0 Å². The van der Waals surface area contributed by atoms with E-state index in [0.29, 0.717) is 27.8 Å². The second-order valence-electron chi connectivity index (χ2n) is 6.16. The maximum Gasteiger partial charge on any atom is 0.260 e. The highest BCUT2D eigenvalue weighted by molar-refractivity contribution is 7.73. The predicted octanol–water partition coefficient (Wildman–Crippen LogP) is 4.73. The molecule has 3 rings (SSSR count). The minimum atomic E-state index is -0.302. The molecule has 1 amide bonds. The number of hydrogen-bond donors (Lipinski definition) is 1. The first-order valence-electron chi connectivity index (χ1n) is 8.08. The number of fused-ring (bicyclic) bond motifs is 1. The monoisotopic (exact) mass is 370 g/mol. The van der Waals surface area contributed by atoms with Gasteiger partial charge in [0.1, 0.15) is 16.8 Å². The fraction of sp³-hybridized carbons (Fsp3) is 0.316. The Morgan fingerprint density at radius 3 is 2.88 bits per heavy atom. The van der Waals surface area contributed by atoms with E-state index in [1.807, 2.05) is 0 Å². The fourth-order valence-electron chi connectivity index (χ4n) is 3.15. The molecule has 128 valence electrons. The molecule has 0 saturated carbocycles.